The number of carbonyl (C=O) groups is 1. The van der Waals surface area contributed by atoms with E-state index in [9.17, 15) is 27.5 Å². The van der Waals surface area contributed by atoms with Crippen LogP contribution in [0.3, 0.4) is 0 Å². The Morgan fingerprint density at radius 2 is 1.80 bits per heavy atom. The number of rotatable bonds is 4. The van der Waals surface area contributed by atoms with Gasteiger partial charge in [-0.25, -0.2) is 9.37 Å². The van der Waals surface area contributed by atoms with Crippen molar-refractivity contribution in [2.45, 2.75) is 31.8 Å². The number of pyridine rings is 3. The molecule has 3 heterocycles. The third kappa shape index (κ3) is 3.95. The third-order valence-corrected chi connectivity index (χ3v) is 4.90. The van der Waals surface area contributed by atoms with E-state index in [0.717, 1.165) is 0 Å². The molecule has 1 aliphatic carbocycles. The van der Waals surface area contributed by atoms with E-state index in [1.165, 1.54) is 24.7 Å². The van der Waals surface area contributed by atoms with Gasteiger partial charge in [0.15, 0.2) is 6.10 Å². The lowest BCUT2D eigenvalue weighted by Crippen LogP contribution is -2.21. The predicted octanol–water partition coefficient (Wildman–Crippen LogP) is 3.89. The molecule has 0 aromatic carbocycles. The molecule has 1 saturated carbocycles. The number of amides is 1. The Morgan fingerprint density at radius 3 is 2.43 bits per heavy atom. The number of aliphatic hydroxyl groups is 1. The number of nitrogens with one attached hydrogen (secondary N) is 1. The highest BCUT2D eigenvalue weighted by Crippen LogP contribution is 2.35. The van der Waals surface area contributed by atoms with Crippen molar-refractivity contribution in [2.75, 3.05) is 5.32 Å². The highest BCUT2D eigenvalue weighted by Gasteiger charge is 2.43. The van der Waals surface area contributed by atoms with Crippen molar-refractivity contribution in [3.63, 3.8) is 0 Å². The Bertz CT molecular complexity index is 1140. The average molecular weight is 420 g/mol. The van der Waals surface area contributed by atoms with E-state index >= 15 is 0 Å². The lowest BCUT2D eigenvalue weighted by atomic mass is 10.0. The molecule has 0 saturated heterocycles. The number of aromatic nitrogens is 3. The summed E-state index contributed by atoms with van der Waals surface area (Å²) in [5.41, 5.74) is 0.961. The van der Waals surface area contributed by atoms with Crippen LogP contribution in [0.1, 0.15) is 23.8 Å². The van der Waals surface area contributed by atoms with Crippen LogP contribution in [0.25, 0.3) is 22.0 Å². The summed E-state index contributed by atoms with van der Waals surface area (Å²) in [5, 5.41) is 13.3. The van der Waals surface area contributed by atoms with Crippen LogP contribution in [0.5, 0.6) is 0 Å². The molecule has 156 valence electrons. The summed E-state index contributed by atoms with van der Waals surface area (Å²) in [5.74, 6) is -0.761. The van der Waals surface area contributed by atoms with E-state index in [1.807, 2.05) is 0 Å². The van der Waals surface area contributed by atoms with Gasteiger partial charge in [0.25, 0.3) is 0 Å². The Kier molecular flexibility index (Phi) is 4.89. The molecule has 0 spiro atoms. The molecular formula is C20H16F4N4O2. The highest BCUT2D eigenvalue weighted by atomic mass is 19.4. The second kappa shape index (κ2) is 7.28. The summed E-state index contributed by atoms with van der Waals surface area (Å²) >= 11 is 0. The lowest BCUT2D eigenvalue weighted by Gasteiger charge is -2.15. The SMILES string of the molecule is Cc1cc(C(O)C(F)(F)F)ncc1-c1cc2cnc(NC(=O)[C@@H]3C[C@@H]3F)cc2cn1. The molecular weight excluding hydrogens is 404 g/mol. The molecule has 3 atom stereocenters. The molecule has 1 aliphatic rings. The van der Waals surface area contributed by atoms with E-state index in [4.69, 9.17) is 0 Å². The zero-order valence-corrected chi connectivity index (χ0v) is 15.6. The van der Waals surface area contributed by atoms with Crippen LogP contribution < -0.4 is 5.32 Å². The highest BCUT2D eigenvalue weighted by molar-refractivity contribution is 5.96. The number of fused-ring (bicyclic) bond motifs is 1. The van der Waals surface area contributed by atoms with Crippen LogP contribution in [-0.2, 0) is 4.79 Å². The molecule has 0 radical (unpaired) electrons. The topological polar surface area (TPSA) is 88.0 Å². The van der Waals surface area contributed by atoms with Gasteiger partial charge in [-0.15, -0.1) is 0 Å². The van der Waals surface area contributed by atoms with Crippen molar-refractivity contribution in [1.82, 2.24) is 15.0 Å². The van der Waals surface area contributed by atoms with Gasteiger partial charge in [-0.3, -0.25) is 14.8 Å². The molecule has 1 unspecified atom stereocenters. The minimum Gasteiger partial charge on any atom is -0.378 e. The van der Waals surface area contributed by atoms with E-state index in [-0.39, 0.29) is 12.2 Å². The lowest BCUT2D eigenvalue weighted by molar-refractivity contribution is -0.207. The van der Waals surface area contributed by atoms with Gasteiger partial charge in [-0.2, -0.15) is 13.2 Å². The van der Waals surface area contributed by atoms with Gasteiger partial charge in [-0.05, 0) is 37.1 Å². The first-order chi connectivity index (χ1) is 14.1. The van der Waals surface area contributed by atoms with Crippen molar-refractivity contribution in [3.8, 4) is 11.3 Å². The number of halogens is 4. The van der Waals surface area contributed by atoms with Gasteiger partial charge >= 0.3 is 6.18 Å². The summed E-state index contributed by atoms with van der Waals surface area (Å²) in [6, 6.07) is 4.47. The summed E-state index contributed by atoms with van der Waals surface area (Å²) in [7, 11) is 0. The Balaban J connectivity index is 1.59. The molecule has 30 heavy (non-hydrogen) atoms. The molecule has 0 aliphatic heterocycles. The zero-order chi connectivity index (χ0) is 21.6. The van der Waals surface area contributed by atoms with Gasteiger partial charge in [0.05, 0.1) is 17.3 Å². The first-order valence-electron chi connectivity index (χ1n) is 9.06. The van der Waals surface area contributed by atoms with E-state index in [0.29, 0.717) is 27.6 Å². The molecule has 1 amide bonds. The fourth-order valence-electron chi connectivity index (χ4n) is 3.07. The molecule has 3 aromatic heterocycles. The van der Waals surface area contributed by atoms with E-state index in [1.54, 1.807) is 19.1 Å². The normalized spacial score (nSPS) is 19.5. The maximum absolute atomic E-state index is 13.0. The second-order valence-electron chi connectivity index (χ2n) is 7.20. The number of anilines is 1. The molecule has 4 rings (SSSR count). The number of hydrogen-bond donors (Lipinski definition) is 2. The van der Waals surface area contributed by atoms with Gasteiger partial charge in [-0.1, -0.05) is 0 Å². The molecule has 10 heteroatoms. The van der Waals surface area contributed by atoms with Gasteiger partial charge in [0.2, 0.25) is 5.91 Å². The van der Waals surface area contributed by atoms with Crippen LogP contribution in [0.2, 0.25) is 0 Å². The molecule has 3 aromatic rings. The monoisotopic (exact) mass is 420 g/mol. The largest absolute Gasteiger partial charge is 0.420 e. The Labute approximate surface area is 168 Å². The van der Waals surface area contributed by atoms with E-state index < -0.39 is 36.0 Å². The minimum atomic E-state index is -4.80. The smallest absolute Gasteiger partial charge is 0.378 e. The van der Waals surface area contributed by atoms with Crippen molar-refractivity contribution in [2.24, 2.45) is 5.92 Å². The molecule has 0 bridgehead atoms. The number of aryl methyl sites for hydroxylation is 1. The number of hydrogen-bond acceptors (Lipinski definition) is 5. The summed E-state index contributed by atoms with van der Waals surface area (Å²) < 4.78 is 51.0. The molecule has 6 nitrogen and oxygen atoms in total. The van der Waals surface area contributed by atoms with Gasteiger partial charge < -0.3 is 10.4 Å². The zero-order valence-electron chi connectivity index (χ0n) is 15.6. The van der Waals surface area contributed by atoms with E-state index in [2.05, 4.69) is 20.3 Å². The van der Waals surface area contributed by atoms with Crippen molar-refractivity contribution >= 4 is 22.5 Å². The summed E-state index contributed by atoms with van der Waals surface area (Å²) in [6.07, 6.45) is -4.05. The van der Waals surface area contributed by atoms with Crippen molar-refractivity contribution < 1.29 is 27.5 Å². The second-order valence-corrected chi connectivity index (χ2v) is 7.20. The van der Waals surface area contributed by atoms with Crippen LogP contribution >= 0.6 is 0 Å². The standard InChI is InChI=1S/C20H16F4N4O2/c1-9-2-16(18(29)20(22,23)24)26-8-13(9)15-3-10-7-27-17(4-11(10)6-25-15)28-19(30)12-5-14(12)21/h2-4,6-8,12,14,18,29H,5H2,1H3,(H,27,28,30)/t12-,14+,18?/m1/s1. The Hall–Kier alpha value is -3.14. The quantitative estimate of drug-likeness (QED) is 0.626. The maximum atomic E-state index is 13.0. The van der Waals surface area contributed by atoms with Gasteiger partial charge in [0.1, 0.15) is 12.0 Å². The van der Waals surface area contributed by atoms with Crippen molar-refractivity contribution in [3.05, 3.63) is 48.0 Å². The summed E-state index contributed by atoms with van der Waals surface area (Å²) in [4.78, 5) is 24.0. The first-order valence-corrected chi connectivity index (χ1v) is 9.06. The van der Waals surface area contributed by atoms with Crippen LogP contribution in [0.4, 0.5) is 23.4 Å². The number of nitrogens with zero attached hydrogens (tertiary/aromatic N) is 3. The van der Waals surface area contributed by atoms with Crippen LogP contribution in [0.15, 0.2) is 36.8 Å². The number of alkyl halides is 4. The number of carbonyl (C=O) groups excluding carboxylic acids is 1. The maximum Gasteiger partial charge on any atom is 0.420 e. The first kappa shape index (κ1) is 20.1. The average Bonchev–Trinajstić information content (AvgIpc) is 3.43. The third-order valence-electron chi connectivity index (χ3n) is 4.90. The predicted molar refractivity (Wildman–Crippen MR) is 100 cm³/mol. The molecule has 2 N–H and O–H groups in total. The number of aliphatic hydroxyl groups excluding tert-OH is 1. The van der Waals surface area contributed by atoms with Crippen molar-refractivity contribution in [1.29, 1.82) is 0 Å². The van der Waals surface area contributed by atoms with Crippen LogP contribution in [-0.4, -0.2) is 38.3 Å². The minimum absolute atomic E-state index is 0.219. The Morgan fingerprint density at radius 1 is 1.13 bits per heavy atom. The van der Waals surface area contributed by atoms with Crippen LogP contribution in [0, 0.1) is 12.8 Å². The summed E-state index contributed by atoms with van der Waals surface area (Å²) in [6.45, 7) is 1.60. The molecule has 1 fully saturated rings. The fraction of sp³-hybridized carbons (Fsp3) is 0.300. The fourth-order valence-corrected chi connectivity index (χ4v) is 3.07. The van der Waals surface area contributed by atoms with Gasteiger partial charge in [0, 0.05) is 34.9 Å².